The third-order valence-corrected chi connectivity index (χ3v) is 15.6. The van der Waals surface area contributed by atoms with Crippen molar-refractivity contribution in [3.8, 4) is 12.0 Å². The fourth-order valence-electron chi connectivity index (χ4n) is 8.25. The predicted octanol–water partition coefficient (Wildman–Crippen LogP) is 5.11. The minimum atomic E-state index is -2.15. The van der Waals surface area contributed by atoms with Gasteiger partial charge in [-0.1, -0.05) is 27.7 Å². The molecule has 0 bridgehead atoms. The molecule has 6 nitrogen and oxygen atoms in total. The average molecular weight is 533 g/mol. The Kier molecular flexibility index (Phi) is 7.16. The van der Waals surface area contributed by atoms with Gasteiger partial charge in [-0.25, -0.2) is 0 Å². The summed E-state index contributed by atoms with van der Waals surface area (Å²) in [4.78, 5) is 13.8. The van der Waals surface area contributed by atoms with Crippen LogP contribution in [0.2, 0.25) is 18.1 Å². The van der Waals surface area contributed by atoms with Crippen LogP contribution >= 0.6 is 0 Å². The van der Waals surface area contributed by atoms with E-state index in [1.807, 2.05) is 13.8 Å². The van der Waals surface area contributed by atoms with Gasteiger partial charge in [0.1, 0.15) is 6.11 Å². The van der Waals surface area contributed by atoms with Crippen molar-refractivity contribution in [3.05, 3.63) is 11.6 Å². The molecule has 0 aliphatic heterocycles. The molecule has 4 aliphatic rings. The van der Waals surface area contributed by atoms with Crippen molar-refractivity contribution in [1.29, 1.82) is 0 Å². The SMILES string of the molecule is CCOC#CC1(O)C(C)=CC(=O)[C@H]2C[C@]3(O[Si](C)(C)C(C)(C)C)C[C@@]34C[C@H](OC)[C@H](CCOC)[C@H]4[C@]21C. The maximum absolute atomic E-state index is 13.8. The summed E-state index contributed by atoms with van der Waals surface area (Å²) in [6.07, 6.45) is 7.57. The van der Waals surface area contributed by atoms with E-state index in [0.717, 1.165) is 19.3 Å². The summed E-state index contributed by atoms with van der Waals surface area (Å²) in [6, 6.07) is 0. The molecule has 3 saturated carbocycles. The molecule has 208 valence electrons. The number of methoxy groups -OCH3 is 2. The smallest absolute Gasteiger partial charge is 0.192 e. The monoisotopic (exact) mass is 532 g/mol. The second-order valence-corrected chi connectivity index (χ2v) is 18.5. The zero-order chi connectivity index (χ0) is 27.7. The number of hydrogen-bond donors (Lipinski definition) is 1. The van der Waals surface area contributed by atoms with E-state index in [2.05, 4.69) is 52.8 Å². The third kappa shape index (κ3) is 3.92. The molecule has 0 saturated heterocycles. The molecule has 37 heavy (non-hydrogen) atoms. The summed E-state index contributed by atoms with van der Waals surface area (Å²) in [5, 5.41) is 12.5. The van der Waals surface area contributed by atoms with Gasteiger partial charge in [0, 0.05) is 37.6 Å². The molecule has 0 aromatic heterocycles. The first-order chi connectivity index (χ1) is 17.1. The lowest BCUT2D eigenvalue weighted by Gasteiger charge is -2.60. The number of ether oxygens (including phenoxy) is 3. The Morgan fingerprint density at radius 2 is 1.89 bits per heavy atom. The van der Waals surface area contributed by atoms with Crippen LogP contribution in [0.4, 0.5) is 0 Å². The van der Waals surface area contributed by atoms with E-state index < -0.39 is 25.3 Å². The second kappa shape index (κ2) is 9.20. The van der Waals surface area contributed by atoms with Crippen LogP contribution in [-0.4, -0.2) is 63.9 Å². The van der Waals surface area contributed by atoms with Crippen LogP contribution in [0.1, 0.15) is 67.2 Å². The summed E-state index contributed by atoms with van der Waals surface area (Å²) < 4.78 is 24.4. The summed E-state index contributed by atoms with van der Waals surface area (Å²) >= 11 is 0. The number of carbonyl (C=O) groups excluding carboxylic acids is 1. The molecule has 4 rings (SSSR count). The Morgan fingerprint density at radius 1 is 1.22 bits per heavy atom. The van der Waals surface area contributed by atoms with Crippen LogP contribution in [-0.2, 0) is 23.4 Å². The standard InChI is InChI=1S/C30H48O6Si/c1-11-35-15-13-30(32)20(2)16-23(31)22-17-29(36-37(9,10)26(3,4)5)19-28(29)18-24(34-8)21(12-14-33-7)25(28)27(22,30)6/h16,21-22,24-25,32H,11-12,14,17-19H2,1-10H3/t21-,22+,24-,25-,27-,28+,29-,30?/m0/s1. The number of rotatable bonds is 7. The third-order valence-electron chi connectivity index (χ3n) is 11.1. The second-order valence-electron chi connectivity index (χ2n) is 13.7. The van der Waals surface area contributed by atoms with Crippen molar-refractivity contribution >= 4 is 14.1 Å². The summed E-state index contributed by atoms with van der Waals surface area (Å²) in [7, 11) is 1.36. The minimum absolute atomic E-state index is 0.00558. The van der Waals surface area contributed by atoms with Crippen LogP contribution < -0.4 is 0 Å². The Labute approximate surface area is 225 Å². The average Bonchev–Trinajstić information content (AvgIpc) is 3.28. The lowest BCUT2D eigenvalue weighted by Crippen LogP contribution is -2.66. The van der Waals surface area contributed by atoms with Crippen LogP contribution in [0, 0.1) is 40.6 Å². The normalized spacial score (nSPS) is 42.7. The Hall–Kier alpha value is -1.17. The summed E-state index contributed by atoms with van der Waals surface area (Å²) in [6.45, 7) is 18.3. The highest BCUT2D eigenvalue weighted by Crippen LogP contribution is 2.83. The number of carbonyl (C=O) groups is 1. The van der Waals surface area contributed by atoms with Crippen molar-refractivity contribution in [3.63, 3.8) is 0 Å². The van der Waals surface area contributed by atoms with Crippen LogP contribution in [0.25, 0.3) is 0 Å². The topological polar surface area (TPSA) is 74.2 Å². The fourth-order valence-corrected chi connectivity index (χ4v) is 9.89. The number of aliphatic hydroxyl groups is 1. The maximum Gasteiger partial charge on any atom is 0.192 e. The predicted molar refractivity (Wildman–Crippen MR) is 146 cm³/mol. The summed E-state index contributed by atoms with van der Waals surface area (Å²) in [5.74, 6) is 2.88. The van der Waals surface area contributed by atoms with Crippen molar-refractivity contribution in [2.24, 2.45) is 28.6 Å². The molecule has 1 N–H and O–H groups in total. The van der Waals surface area contributed by atoms with Gasteiger partial charge in [-0.15, -0.1) is 0 Å². The van der Waals surface area contributed by atoms with E-state index in [1.54, 1.807) is 20.3 Å². The first-order valence-corrected chi connectivity index (χ1v) is 16.8. The van der Waals surface area contributed by atoms with Crippen LogP contribution in [0.3, 0.4) is 0 Å². The largest absolute Gasteiger partial charge is 0.447 e. The van der Waals surface area contributed by atoms with Crippen LogP contribution in [0.15, 0.2) is 11.6 Å². The molecule has 0 aromatic carbocycles. The van der Waals surface area contributed by atoms with E-state index in [0.29, 0.717) is 25.2 Å². The highest BCUT2D eigenvalue weighted by atomic mass is 28.4. The molecule has 4 aliphatic carbocycles. The molecule has 0 aromatic rings. The molecule has 3 fully saturated rings. The highest BCUT2D eigenvalue weighted by molar-refractivity contribution is 6.74. The van der Waals surface area contributed by atoms with Crippen molar-refractivity contribution in [1.82, 2.24) is 0 Å². The Balaban J connectivity index is 1.92. The van der Waals surface area contributed by atoms with Gasteiger partial charge in [-0.3, -0.25) is 4.79 Å². The van der Waals surface area contributed by atoms with Gasteiger partial charge in [0.25, 0.3) is 0 Å². The number of ketones is 1. The van der Waals surface area contributed by atoms with Crippen molar-refractivity contribution in [2.75, 3.05) is 27.4 Å². The van der Waals surface area contributed by atoms with E-state index in [-0.39, 0.29) is 39.8 Å². The van der Waals surface area contributed by atoms with Gasteiger partial charge in [-0.2, -0.15) is 0 Å². The Bertz CT molecular complexity index is 1020. The van der Waals surface area contributed by atoms with Gasteiger partial charge >= 0.3 is 0 Å². The van der Waals surface area contributed by atoms with Gasteiger partial charge in [0.15, 0.2) is 19.7 Å². The number of fused-ring (bicyclic) bond motifs is 2. The molecule has 8 atom stereocenters. The molecule has 0 radical (unpaired) electrons. The van der Waals surface area contributed by atoms with Gasteiger partial charge in [0.2, 0.25) is 0 Å². The number of hydrogen-bond acceptors (Lipinski definition) is 6. The first-order valence-electron chi connectivity index (χ1n) is 13.9. The lowest BCUT2D eigenvalue weighted by atomic mass is 9.45. The highest BCUT2D eigenvalue weighted by Gasteiger charge is 2.86. The molecule has 0 heterocycles. The Morgan fingerprint density at radius 3 is 2.46 bits per heavy atom. The van der Waals surface area contributed by atoms with E-state index in [4.69, 9.17) is 18.6 Å². The molecule has 0 amide bonds. The minimum Gasteiger partial charge on any atom is -0.447 e. The molecule has 1 unspecified atom stereocenters. The quantitative estimate of drug-likeness (QED) is 0.363. The van der Waals surface area contributed by atoms with Crippen molar-refractivity contribution < 1.29 is 28.5 Å². The van der Waals surface area contributed by atoms with Gasteiger partial charge < -0.3 is 23.7 Å². The molecule has 1 spiro atoms. The zero-order valence-corrected chi connectivity index (χ0v) is 25.6. The van der Waals surface area contributed by atoms with Crippen LogP contribution in [0.5, 0.6) is 0 Å². The van der Waals surface area contributed by atoms with E-state index in [9.17, 15) is 9.90 Å². The van der Waals surface area contributed by atoms with Gasteiger partial charge in [-0.05, 0) is 87.1 Å². The zero-order valence-electron chi connectivity index (χ0n) is 24.6. The fraction of sp³-hybridized carbons (Fsp3) is 0.833. The maximum atomic E-state index is 13.8. The molecular weight excluding hydrogens is 484 g/mol. The van der Waals surface area contributed by atoms with Gasteiger partial charge in [0.05, 0.1) is 18.3 Å². The van der Waals surface area contributed by atoms with Crippen molar-refractivity contribution in [2.45, 2.75) is 103 Å². The summed E-state index contributed by atoms with van der Waals surface area (Å²) in [5.41, 5.74) is -2.25. The first kappa shape index (κ1) is 28.8. The molecular formula is C30H48O6Si. The molecule has 7 heteroatoms. The van der Waals surface area contributed by atoms with E-state index in [1.165, 1.54) is 0 Å². The number of allylic oxidation sites excluding steroid dienone is 1. The van der Waals surface area contributed by atoms with E-state index >= 15 is 0 Å². The lowest BCUT2D eigenvalue weighted by molar-refractivity contribution is -0.171.